The topological polar surface area (TPSA) is 162 Å². The van der Waals surface area contributed by atoms with Crippen molar-refractivity contribution < 1.29 is 41.8 Å². The van der Waals surface area contributed by atoms with Crippen molar-refractivity contribution in [1.29, 1.82) is 0 Å². The molecule has 1 saturated heterocycles. The predicted octanol–water partition coefficient (Wildman–Crippen LogP) is 8.24. The summed E-state index contributed by atoms with van der Waals surface area (Å²) in [5.74, 6) is -0.398. The first-order valence-electron chi connectivity index (χ1n) is 20.6. The molecule has 63 heavy (non-hydrogen) atoms. The van der Waals surface area contributed by atoms with Crippen molar-refractivity contribution in [2.45, 2.75) is 72.5 Å². The second kappa shape index (κ2) is 17.6. The molecule has 4 aromatic rings. The first kappa shape index (κ1) is 44.9. The molecule has 14 nitrogen and oxygen atoms in total. The number of hydrogen-bond acceptors (Lipinski definition) is 9. The number of nitrogens with one attached hydrogen (secondary N) is 3. The number of piperazine rings is 1. The van der Waals surface area contributed by atoms with Crippen LogP contribution in [-0.2, 0) is 14.3 Å². The average molecular weight is 891 g/mol. The first-order chi connectivity index (χ1) is 29.7. The lowest BCUT2D eigenvalue weighted by molar-refractivity contribution is -0.274. The van der Waals surface area contributed by atoms with Crippen LogP contribution in [0.15, 0.2) is 72.6 Å². The SMILES string of the molecule is COC(=O)N[C@H](C(=O)N1CC(C)=C[C@H]1c1nc(-c2ccc(-c3cc(Cl)c(NC(=O)c4ccc(N5CCN(C(=O)C6CC6(C)C)C[C@H]5C)nc4)cc3OC(F)(F)F)cc2)c[nH]1)C(C)C. The quantitative estimate of drug-likeness (QED) is 0.126. The van der Waals surface area contributed by atoms with Gasteiger partial charge in [0.15, 0.2) is 0 Å². The largest absolute Gasteiger partial charge is 0.573 e. The highest BCUT2D eigenvalue weighted by Gasteiger charge is 2.52. The van der Waals surface area contributed by atoms with Crippen LogP contribution in [0, 0.1) is 17.3 Å². The normalized spacial score (nSPS) is 20.0. The third kappa shape index (κ3) is 9.93. The van der Waals surface area contributed by atoms with E-state index in [9.17, 15) is 32.3 Å². The van der Waals surface area contributed by atoms with Crippen molar-refractivity contribution in [3.8, 4) is 28.1 Å². The standard InChI is InChI=1S/C45H50ClF3N8O6/c1-24(2)38(54-43(61)62-7)42(60)57-22-25(3)16-35(57)39-51-21-34(52-39)28-10-8-27(9-11-28)30-17-32(46)33(18-36(30)63-45(47,48)49)53-40(58)29-12-13-37(50-20-29)56-15-14-55(23-26(56)4)41(59)31-19-44(31,5)6/h8-13,16-18,20-21,24,26,31,35,38H,14-15,19,22-23H2,1-7H3,(H,51,52)(H,53,58)(H,54,61)/t26-,31?,35+,38+/m1/s1. The summed E-state index contributed by atoms with van der Waals surface area (Å²) in [5, 5.41) is 5.18. The number of carbonyl (C=O) groups is 4. The van der Waals surface area contributed by atoms with Crippen LogP contribution in [0.5, 0.6) is 5.75 Å². The second-order valence-electron chi connectivity index (χ2n) is 17.3. The van der Waals surface area contributed by atoms with Gasteiger partial charge in [-0.2, -0.15) is 0 Å². The highest BCUT2D eigenvalue weighted by atomic mass is 35.5. The van der Waals surface area contributed by atoms with Gasteiger partial charge in [0.1, 0.15) is 29.5 Å². The predicted molar refractivity (Wildman–Crippen MR) is 231 cm³/mol. The van der Waals surface area contributed by atoms with Gasteiger partial charge >= 0.3 is 12.5 Å². The lowest BCUT2D eigenvalue weighted by Crippen LogP contribution is -2.54. The second-order valence-corrected chi connectivity index (χ2v) is 17.7. The van der Waals surface area contributed by atoms with E-state index in [-0.39, 0.29) is 56.9 Å². The Hall–Kier alpha value is -6.10. The highest BCUT2D eigenvalue weighted by molar-refractivity contribution is 6.34. The van der Waals surface area contributed by atoms with Crippen LogP contribution in [0.4, 0.5) is 29.5 Å². The smallest absolute Gasteiger partial charge is 0.453 e. The van der Waals surface area contributed by atoms with Gasteiger partial charge in [-0.25, -0.2) is 14.8 Å². The maximum atomic E-state index is 13.8. The zero-order chi connectivity index (χ0) is 45.5. The zero-order valence-electron chi connectivity index (χ0n) is 36.0. The van der Waals surface area contributed by atoms with Gasteiger partial charge in [0.05, 0.1) is 29.1 Å². The third-order valence-corrected chi connectivity index (χ3v) is 12.2. The number of carbonyl (C=O) groups excluding carboxylic acids is 4. The summed E-state index contributed by atoms with van der Waals surface area (Å²) in [7, 11) is 1.23. The van der Waals surface area contributed by atoms with Crippen LogP contribution in [0.25, 0.3) is 22.4 Å². The molecule has 18 heteroatoms. The highest BCUT2D eigenvalue weighted by Crippen LogP contribution is 2.52. The van der Waals surface area contributed by atoms with Gasteiger partial charge in [0.2, 0.25) is 11.8 Å². The van der Waals surface area contributed by atoms with Crippen LogP contribution in [-0.4, -0.2) is 100 Å². The molecule has 3 aliphatic rings. The fraction of sp³-hybridized carbons (Fsp3) is 0.422. The molecule has 7 rings (SSSR count). The first-order valence-corrected chi connectivity index (χ1v) is 21.0. The Morgan fingerprint density at radius 3 is 2.33 bits per heavy atom. The number of anilines is 2. The van der Waals surface area contributed by atoms with Gasteiger partial charge < -0.3 is 39.8 Å². The van der Waals surface area contributed by atoms with E-state index in [0.717, 1.165) is 18.1 Å². The number of aromatic amines is 1. The summed E-state index contributed by atoms with van der Waals surface area (Å²) in [6.45, 7) is 13.8. The number of halogens is 4. The number of pyridine rings is 1. The van der Waals surface area contributed by atoms with E-state index in [1.165, 1.54) is 19.4 Å². The molecule has 2 aromatic carbocycles. The number of aromatic nitrogens is 3. The molecule has 0 spiro atoms. The number of rotatable bonds is 11. The summed E-state index contributed by atoms with van der Waals surface area (Å²) in [5.41, 5.74) is 2.54. The minimum atomic E-state index is -5.06. The number of amides is 4. The number of nitrogens with zero attached hydrogens (tertiary/aromatic N) is 5. The molecule has 1 saturated carbocycles. The van der Waals surface area contributed by atoms with Crippen LogP contribution in [0.3, 0.4) is 0 Å². The van der Waals surface area contributed by atoms with E-state index < -0.39 is 36.2 Å². The minimum Gasteiger partial charge on any atom is -0.453 e. The molecule has 1 aliphatic carbocycles. The van der Waals surface area contributed by atoms with Gasteiger partial charge in [-0.05, 0) is 55.4 Å². The van der Waals surface area contributed by atoms with Crippen LogP contribution < -0.4 is 20.3 Å². The van der Waals surface area contributed by atoms with E-state index in [4.69, 9.17) is 21.3 Å². The lowest BCUT2D eigenvalue weighted by atomic mass is 10.0. The van der Waals surface area contributed by atoms with E-state index in [2.05, 4.69) is 44.1 Å². The summed E-state index contributed by atoms with van der Waals surface area (Å²) in [6.07, 6.45) is 0.0784. The minimum absolute atomic E-state index is 0.00741. The Morgan fingerprint density at radius 2 is 1.73 bits per heavy atom. The maximum absolute atomic E-state index is 13.8. The molecule has 0 bridgehead atoms. The van der Waals surface area contributed by atoms with Crippen molar-refractivity contribution in [3.05, 3.63) is 89.0 Å². The molecular weight excluding hydrogens is 841 g/mol. The fourth-order valence-corrected chi connectivity index (χ4v) is 8.34. The van der Waals surface area contributed by atoms with Gasteiger partial charge in [-0.3, -0.25) is 14.4 Å². The van der Waals surface area contributed by atoms with Crippen molar-refractivity contribution in [3.63, 3.8) is 0 Å². The molecule has 2 fully saturated rings. The molecule has 4 heterocycles. The molecule has 0 radical (unpaired) electrons. The van der Waals surface area contributed by atoms with Gasteiger partial charge in [0, 0.05) is 67.7 Å². The summed E-state index contributed by atoms with van der Waals surface area (Å²) in [6, 6.07) is 10.7. The van der Waals surface area contributed by atoms with Crippen molar-refractivity contribution >= 4 is 46.9 Å². The van der Waals surface area contributed by atoms with E-state index in [0.29, 0.717) is 54.6 Å². The Bertz CT molecular complexity index is 2420. The Kier molecular flexibility index (Phi) is 12.5. The molecule has 2 aromatic heterocycles. The maximum Gasteiger partial charge on any atom is 0.573 e. The summed E-state index contributed by atoms with van der Waals surface area (Å²) in [4.78, 5) is 70.0. The molecule has 4 atom stereocenters. The van der Waals surface area contributed by atoms with E-state index in [1.54, 1.807) is 47.5 Å². The number of benzene rings is 2. The fourth-order valence-electron chi connectivity index (χ4n) is 8.13. The number of ether oxygens (including phenoxy) is 2. The number of hydrogen-bond donors (Lipinski definition) is 3. The van der Waals surface area contributed by atoms with Crippen molar-refractivity contribution in [2.75, 3.05) is 43.5 Å². The zero-order valence-corrected chi connectivity index (χ0v) is 36.7. The number of H-pyrrole nitrogens is 1. The third-order valence-electron chi connectivity index (χ3n) is 11.8. The lowest BCUT2D eigenvalue weighted by Gasteiger charge is -2.40. The molecule has 2 aliphatic heterocycles. The average Bonchev–Trinajstić information content (AvgIpc) is 3.52. The molecule has 4 amide bonds. The molecule has 334 valence electrons. The van der Waals surface area contributed by atoms with Gasteiger partial charge in [-0.1, -0.05) is 75.2 Å². The summed E-state index contributed by atoms with van der Waals surface area (Å²) < 4.78 is 50.5. The van der Waals surface area contributed by atoms with Crippen LogP contribution in [0.2, 0.25) is 5.02 Å². The number of methoxy groups -OCH3 is 1. The summed E-state index contributed by atoms with van der Waals surface area (Å²) >= 11 is 6.60. The van der Waals surface area contributed by atoms with E-state index in [1.807, 2.05) is 38.7 Å². The van der Waals surface area contributed by atoms with Crippen molar-refractivity contribution in [1.82, 2.24) is 30.1 Å². The van der Waals surface area contributed by atoms with E-state index >= 15 is 0 Å². The van der Waals surface area contributed by atoms with Crippen LogP contribution >= 0.6 is 11.6 Å². The number of alkyl carbamates (subject to hydrolysis) is 1. The Labute approximate surface area is 368 Å². The van der Waals surface area contributed by atoms with Gasteiger partial charge in [-0.15, -0.1) is 13.2 Å². The van der Waals surface area contributed by atoms with Crippen LogP contribution in [0.1, 0.15) is 70.2 Å². The molecule has 3 N–H and O–H groups in total. The number of alkyl halides is 3. The van der Waals surface area contributed by atoms with Crippen molar-refractivity contribution in [2.24, 2.45) is 17.3 Å². The molecular formula is C45H50ClF3N8O6. The van der Waals surface area contributed by atoms with Gasteiger partial charge in [0.25, 0.3) is 5.91 Å². The Balaban J connectivity index is 1.04. The Morgan fingerprint density at radius 1 is 1.03 bits per heavy atom. The monoisotopic (exact) mass is 890 g/mol. The molecule has 1 unspecified atom stereocenters. The number of imidazole rings is 1.